The van der Waals surface area contributed by atoms with Crippen molar-refractivity contribution in [1.29, 1.82) is 0 Å². The highest BCUT2D eigenvalue weighted by Gasteiger charge is 2.14. The molecule has 1 heterocycles. The van der Waals surface area contributed by atoms with Crippen molar-refractivity contribution in [1.82, 2.24) is 0 Å². The van der Waals surface area contributed by atoms with E-state index in [0.717, 1.165) is 38.5 Å². The Morgan fingerprint density at radius 1 is 1.24 bits per heavy atom. The van der Waals surface area contributed by atoms with Crippen LogP contribution in [0.1, 0.15) is 58.3 Å². The molecule has 0 bridgehead atoms. The summed E-state index contributed by atoms with van der Waals surface area (Å²) in [5.74, 6) is -0.143. The van der Waals surface area contributed by atoms with E-state index in [4.69, 9.17) is 4.74 Å². The number of esters is 1. The predicted molar refractivity (Wildman–Crippen MR) is 67.6 cm³/mol. The van der Waals surface area contributed by atoms with E-state index < -0.39 is 0 Å². The van der Waals surface area contributed by atoms with Crippen LogP contribution in [0.25, 0.3) is 0 Å². The third kappa shape index (κ3) is 7.16. The molecule has 0 spiro atoms. The molecule has 3 heteroatoms. The monoisotopic (exact) mass is 240 g/mol. The normalized spacial score (nSPS) is 31.3. The van der Waals surface area contributed by atoms with Gasteiger partial charge >= 0.3 is 5.97 Å². The fraction of sp³-hybridized carbons (Fsp3) is 0.786. The molecule has 1 rings (SSSR count). The number of carbonyl (C=O) groups excluding carboxylic acids is 1. The van der Waals surface area contributed by atoms with Crippen LogP contribution in [0.5, 0.6) is 0 Å². The van der Waals surface area contributed by atoms with Gasteiger partial charge < -0.3 is 9.84 Å². The van der Waals surface area contributed by atoms with Gasteiger partial charge in [-0.15, -0.1) is 0 Å². The molecule has 0 amide bonds. The van der Waals surface area contributed by atoms with Gasteiger partial charge in [0.15, 0.2) is 0 Å². The first-order chi connectivity index (χ1) is 8.18. The van der Waals surface area contributed by atoms with E-state index in [1.165, 1.54) is 0 Å². The quantitative estimate of drug-likeness (QED) is 0.523. The van der Waals surface area contributed by atoms with Gasteiger partial charge in [0.1, 0.15) is 6.10 Å². The van der Waals surface area contributed by atoms with Crippen molar-refractivity contribution in [2.24, 2.45) is 0 Å². The fourth-order valence-corrected chi connectivity index (χ4v) is 2.07. The third-order valence-electron chi connectivity index (χ3n) is 3.01. The summed E-state index contributed by atoms with van der Waals surface area (Å²) in [6.45, 7) is 1.85. The summed E-state index contributed by atoms with van der Waals surface area (Å²) in [6, 6.07) is 0. The molecular formula is C14H24O3. The second-order valence-electron chi connectivity index (χ2n) is 4.84. The van der Waals surface area contributed by atoms with Crippen LogP contribution in [0.3, 0.4) is 0 Å². The van der Waals surface area contributed by atoms with Crippen molar-refractivity contribution in [2.75, 3.05) is 0 Å². The van der Waals surface area contributed by atoms with Crippen LogP contribution < -0.4 is 0 Å². The number of rotatable bonds is 0. The van der Waals surface area contributed by atoms with E-state index in [-0.39, 0.29) is 18.2 Å². The molecule has 0 fully saturated rings. The summed E-state index contributed by atoms with van der Waals surface area (Å²) < 4.78 is 5.24. The van der Waals surface area contributed by atoms with Crippen molar-refractivity contribution < 1.29 is 14.6 Å². The van der Waals surface area contributed by atoms with Gasteiger partial charge in [0.2, 0.25) is 0 Å². The highest BCUT2D eigenvalue weighted by Crippen LogP contribution is 2.13. The van der Waals surface area contributed by atoms with Crippen molar-refractivity contribution in [2.45, 2.75) is 70.5 Å². The van der Waals surface area contributed by atoms with Gasteiger partial charge in [0.25, 0.3) is 0 Å². The molecule has 0 radical (unpaired) electrons. The van der Waals surface area contributed by atoms with Gasteiger partial charge in [0, 0.05) is 12.8 Å². The molecule has 1 aliphatic heterocycles. The fourth-order valence-electron chi connectivity index (χ4n) is 2.07. The molecule has 3 nitrogen and oxygen atoms in total. The number of hydrogen-bond donors (Lipinski definition) is 1. The van der Waals surface area contributed by atoms with Crippen LogP contribution in [0.2, 0.25) is 0 Å². The molecule has 17 heavy (non-hydrogen) atoms. The highest BCUT2D eigenvalue weighted by molar-refractivity contribution is 5.69. The average Bonchev–Trinajstić information content (AvgIpc) is 2.25. The van der Waals surface area contributed by atoms with Gasteiger partial charge in [-0.3, -0.25) is 4.79 Å². The third-order valence-corrected chi connectivity index (χ3v) is 3.01. The molecule has 1 N–H and O–H groups in total. The molecule has 0 saturated heterocycles. The number of hydrogen-bond acceptors (Lipinski definition) is 3. The molecule has 98 valence electrons. The highest BCUT2D eigenvalue weighted by atomic mass is 16.5. The Morgan fingerprint density at radius 3 is 2.71 bits per heavy atom. The van der Waals surface area contributed by atoms with E-state index in [2.05, 4.69) is 12.2 Å². The Labute approximate surface area is 104 Å². The molecule has 0 aliphatic carbocycles. The van der Waals surface area contributed by atoms with Crippen LogP contribution in [0, 0.1) is 0 Å². The Bertz CT molecular complexity index is 248. The van der Waals surface area contributed by atoms with Crippen molar-refractivity contribution in [3.63, 3.8) is 0 Å². The first-order valence-corrected chi connectivity index (χ1v) is 6.71. The van der Waals surface area contributed by atoms with Crippen LogP contribution >= 0.6 is 0 Å². The van der Waals surface area contributed by atoms with E-state index in [9.17, 15) is 9.90 Å². The van der Waals surface area contributed by atoms with Gasteiger partial charge in [-0.1, -0.05) is 18.6 Å². The van der Waals surface area contributed by atoms with Crippen molar-refractivity contribution in [3.05, 3.63) is 12.2 Å². The van der Waals surface area contributed by atoms with Crippen molar-refractivity contribution >= 4 is 5.97 Å². The lowest BCUT2D eigenvalue weighted by Crippen LogP contribution is -2.21. The van der Waals surface area contributed by atoms with E-state index in [1.807, 2.05) is 6.92 Å². The first kappa shape index (κ1) is 14.2. The molecule has 2 atom stereocenters. The zero-order valence-corrected chi connectivity index (χ0v) is 10.7. The minimum atomic E-state index is -0.343. The zero-order chi connectivity index (χ0) is 12.5. The minimum absolute atomic E-state index is 0.143. The summed E-state index contributed by atoms with van der Waals surface area (Å²) >= 11 is 0. The number of aliphatic hydroxyl groups excluding tert-OH is 1. The largest absolute Gasteiger partial charge is 0.463 e. The first-order valence-electron chi connectivity index (χ1n) is 6.71. The van der Waals surface area contributed by atoms with Gasteiger partial charge in [-0.25, -0.2) is 0 Å². The Balaban J connectivity index is 2.41. The number of carbonyl (C=O) groups is 1. The van der Waals surface area contributed by atoms with Crippen LogP contribution in [-0.4, -0.2) is 23.3 Å². The lowest BCUT2D eigenvalue weighted by molar-refractivity contribution is -0.149. The van der Waals surface area contributed by atoms with Crippen molar-refractivity contribution in [3.8, 4) is 0 Å². The van der Waals surface area contributed by atoms with Crippen LogP contribution in [-0.2, 0) is 9.53 Å². The number of cyclic esters (lactones) is 1. The minimum Gasteiger partial charge on any atom is -0.463 e. The molecule has 1 aliphatic rings. The molecular weight excluding hydrogens is 216 g/mol. The number of allylic oxidation sites excluding steroid dienone is 2. The Kier molecular flexibility index (Phi) is 6.94. The molecule has 0 saturated carbocycles. The Morgan fingerprint density at radius 2 is 1.94 bits per heavy atom. The summed E-state index contributed by atoms with van der Waals surface area (Å²) in [5, 5.41) is 9.77. The summed E-state index contributed by atoms with van der Waals surface area (Å²) in [5.41, 5.74) is 0. The summed E-state index contributed by atoms with van der Waals surface area (Å²) in [6.07, 6.45) is 10.7. The van der Waals surface area contributed by atoms with Gasteiger partial charge in [0.05, 0.1) is 6.10 Å². The number of aliphatic hydroxyl groups is 1. The molecule has 0 aromatic rings. The van der Waals surface area contributed by atoms with E-state index in [0.29, 0.717) is 12.8 Å². The summed E-state index contributed by atoms with van der Waals surface area (Å²) in [4.78, 5) is 11.4. The SMILES string of the molecule is C[C@@H]1C[C@@H](O)CCCC/C=C/CCCC(=O)O1. The molecule has 0 unspecified atom stereocenters. The van der Waals surface area contributed by atoms with Gasteiger partial charge in [-0.2, -0.15) is 0 Å². The topological polar surface area (TPSA) is 46.5 Å². The summed E-state index contributed by atoms with van der Waals surface area (Å²) in [7, 11) is 0. The lowest BCUT2D eigenvalue weighted by atomic mass is 10.0. The number of ether oxygens (including phenoxy) is 1. The maximum Gasteiger partial charge on any atom is 0.306 e. The van der Waals surface area contributed by atoms with E-state index >= 15 is 0 Å². The van der Waals surface area contributed by atoms with Gasteiger partial charge in [-0.05, 0) is 39.0 Å². The second kappa shape index (κ2) is 8.29. The maximum absolute atomic E-state index is 11.4. The standard InChI is InChI=1S/C14H24O3/c1-12-11-13(15)9-7-5-3-2-4-6-8-10-14(16)17-12/h2,4,12-13,15H,3,5-11H2,1H3/b4-2+/t12-,13+/m1/s1. The van der Waals surface area contributed by atoms with Crippen LogP contribution in [0.4, 0.5) is 0 Å². The smallest absolute Gasteiger partial charge is 0.306 e. The molecule has 0 aromatic carbocycles. The average molecular weight is 240 g/mol. The maximum atomic E-state index is 11.4. The second-order valence-corrected chi connectivity index (χ2v) is 4.84. The van der Waals surface area contributed by atoms with E-state index in [1.54, 1.807) is 0 Å². The molecule has 0 aromatic heterocycles. The predicted octanol–water partition coefficient (Wildman–Crippen LogP) is 2.97. The Hall–Kier alpha value is -0.830. The zero-order valence-electron chi connectivity index (χ0n) is 10.7. The van der Waals surface area contributed by atoms with Crippen LogP contribution in [0.15, 0.2) is 12.2 Å². The lowest BCUT2D eigenvalue weighted by Gasteiger charge is -2.17.